The number of Topliss-reactive ketones (excluding diaryl/α,β-unsaturated/α-hetero) is 1. The average molecular weight is 1030 g/mol. The fourth-order valence-corrected chi connectivity index (χ4v) is 9.14. The van der Waals surface area contributed by atoms with Gasteiger partial charge in [0.05, 0.1) is 40.9 Å². The highest BCUT2D eigenvalue weighted by atomic mass is 32.2. The number of anilines is 3. The highest BCUT2D eigenvalue weighted by Crippen LogP contribution is 2.41. The van der Waals surface area contributed by atoms with Gasteiger partial charge in [-0.2, -0.15) is 0 Å². The third-order valence-electron chi connectivity index (χ3n) is 11.1. The van der Waals surface area contributed by atoms with Crippen LogP contribution in [0, 0.1) is 0 Å². The number of thioether (sulfide) groups is 2. The molecule has 0 bridgehead atoms. The molecule has 0 aromatic heterocycles. The molecule has 0 spiro atoms. The van der Waals surface area contributed by atoms with Gasteiger partial charge in [0.1, 0.15) is 5.78 Å². The van der Waals surface area contributed by atoms with Gasteiger partial charge >= 0.3 is 0 Å². The van der Waals surface area contributed by atoms with Gasteiger partial charge in [-0.15, -0.1) is 23.5 Å². The van der Waals surface area contributed by atoms with Crippen LogP contribution in [-0.4, -0.2) is 84.9 Å². The first-order valence-corrected chi connectivity index (χ1v) is 26.6. The molecule has 3 aromatic carbocycles. The lowest BCUT2D eigenvalue weighted by atomic mass is 9.85. The van der Waals surface area contributed by atoms with Gasteiger partial charge in [-0.05, 0) is 109 Å². The van der Waals surface area contributed by atoms with Crippen LogP contribution in [0.15, 0.2) is 78.3 Å². The number of nitrogens with two attached hydrogens (primary N) is 7. The number of hydrogen-bond acceptors (Lipinski definition) is 10. The molecule has 20 heteroatoms. The van der Waals surface area contributed by atoms with E-state index < -0.39 is 11.8 Å². The smallest absolute Gasteiger partial charge is 0.255 e. The molecule has 0 saturated carbocycles. The van der Waals surface area contributed by atoms with Gasteiger partial charge in [0.2, 0.25) is 5.91 Å². The number of unbranched alkanes of at least 4 members (excludes halogenated alkanes) is 2. The Kier molecular flexibility index (Phi) is 24.9. The lowest BCUT2D eigenvalue weighted by Crippen LogP contribution is -2.23. The summed E-state index contributed by atoms with van der Waals surface area (Å²) in [7, 11) is 0. The first kappa shape index (κ1) is 60.0. The van der Waals surface area contributed by atoms with E-state index in [9.17, 15) is 19.2 Å². The molecule has 0 aliphatic heterocycles. The normalized spacial score (nSPS) is 11.6. The zero-order valence-corrected chi connectivity index (χ0v) is 45.1. The highest BCUT2D eigenvalue weighted by molar-refractivity contribution is 7.99. The van der Waals surface area contributed by atoms with Gasteiger partial charge < -0.3 is 56.1 Å². The number of nitrogens with one attached hydrogen (secondary N) is 3. The van der Waals surface area contributed by atoms with Crippen molar-refractivity contribution in [3.63, 3.8) is 0 Å². The molecule has 17 N–H and O–H groups in total. The van der Waals surface area contributed by atoms with Crippen LogP contribution in [0.1, 0.15) is 150 Å². The van der Waals surface area contributed by atoms with Crippen LogP contribution in [0.4, 0.5) is 17.1 Å². The molecule has 0 aliphatic rings. The van der Waals surface area contributed by atoms with E-state index >= 15 is 0 Å². The molecule has 3 amide bonds. The summed E-state index contributed by atoms with van der Waals surface area (Å²) in [5.74, 6) is 0.752. The number of nitrogens with zero attached hydrogens (tertiary/aromatic N) is 4. The number of hydrogen-bond donors (Lipinski definition) is 10. The van der Waals surface area contributed by atoms with Crippen LogP contribution in [0.25, 0.3) is 0 Å². The van der Waals surface area contributed by atoms with Crippen LogP contribution >= 0.6 is 23.5 Å². The Bertz CT molecular complexity index is 2430. The summed E-state index contributed by atoms with van der Waals surface area (Å²) in [5, 5.41) is 9.40. The van der Waals surface area contributed by atoms with E-state index in [-0.39, 0.29) is 57.9 Å². The number of aliphatic imine (C=N–C) groups is 4. The van der Waals surface area contributed by atoms with Crippen molar-refractivity contribution >= 4 is 87.8 Å². The lowest BCUT2D eigenvalue weighted by Gasteiger charge is -2.25. The fraction of sp³-hybridized carbons (Fsp3) is 0.500. The van der Waals surface area contributed by atoms with Gasteiger partial charge in [0, 0.05) is 66.3 Å². The van der Waals surface area contributed by atoms with Crippen molar-refractivity contribution < 1.29 is 19.2 Å². The van der Waals surface area contributed by atoms with Gasteiger partial charge in [0.25, 0.3) is 11.8 Å². The number of ketones is 1. The maximum absolute atomic E-state index is 14.4. The van der Waals surface area contributed by atoms with E-state index in [4.69, 9.17) is 40.1 Å². The zero-order chi connectivity index (χ0) is 53.4. The summed E-state index contributed by atoms with van der Waals surface area (Å²) in [4.78, 5) is 73.3. The van der Waals surface area contributed by atoms with Crippen molar-refractivity contribution in [2.24, 2.45) is 60.1 Å². The number of guanidine groups is 3. The molecule has 0 atom stereocenters. The van der Waals surface area contributed by atoms with E-state index in [0.29, 0.717) is 117 Å². The van der Waals surface area contributed by atoms with Crippen LogP contribution in [0.5, 0.6) is 0 Å². The number of carbonyl (C=O) groups is 4. The molecule has 3 rings (SSSR count). The Morgan fingerprint density at radius 2 is 0.986 bits per heavy atom. The summed E-state index contributed by atoms with van der Waals surface area (Å²) in [6.07, 6.45) is 6.47. The molecule has 0 saturated heterocycles. The van der Waals surface area contributed by atoms with Crippen molar-refractivity contribution in [2.75, 3.05) is 53.6 Å². The Balaban J connectivity index is 2.00. The second-order valence-electron chi connectivity index (χ2n) is 19.5. The molecule has 0 fully saturated rings. The maximum atomic E-state index is 14.4. The third kappa shape index (κ3) is 22.0. The molecular formula is C52H80N14O4S2. The van der Waals surface area contributed by atoms with Gasteiger partial charge in [-0.25, -0.2) is 0 Å². The van der Waals surface area contributed by atoms with E-state index in [1.54, 1.807) is 24.3 Å². The van der Waals surface area contributed by atoms with E-state index in [2.05, 4.69) is 83.5 Å². The Morgan fingerprint density at radius 1 is 0.528 bits per heavy atom. The van der Waals surface area contributed by atoms with Crippen molar-refractivity contribution in [3.8, 4) is 0 Å². The highest BCUT2D eigenvalue weighted by Gasteiger charge is 2.24. The van der Waals surface area contributed by atoms with E-state index in [1.807, 2.05) is 25.1 Å². The van der Waals surface area contributed by atoms with Crippen LogP contribution in [0.2, 0.25) is 0 Å². The standard InChI is InChI=1S/C52H80N14O4S2/c1-8-15-42(53)60-24-26-72-45-40(64-43(68)21-10-12-23-62-49(56)57)31-37(52(5,6)7)32-41(45)66-47(70)35-18-13-17-34(28-35)46(69)65-39-30-36(51(2,3)4)29-33(44(39)71-27-25-63-50(58)59)16-14-20-38(67)19-9-11-22-61-48(54)55/h13,17-18,28-32H,8-12,14-16,19-27H2,1-7H3,(H2,53,60)(H,64,68)(H,65,69)(H,66,70)(H4,54,55,61)(H4,56,57,62)(H4,58,59,63). The van der Waals surface area contributed by atoms with Gasteiger partial charge in [-0.3, -0.25) is 39.1 Å². The molecule has 394 valence electrons. The summed E-state index contributed by atoms with van der Waals surface area (Å²) in [5.41, 5.74) is 43.6. The van der Waals surface area contributed by atoms with Crippen LogP contribution in [-0.2, 0) is 26.8 Å². The van der Waals surface area contributed by atoms with E-state index in [1.165, 1.54) is 23.5 Å². The molecule has 72 heavy (non-hydrogen) atoms. The monoisotopic (exact) mass is 1030 g/mol. The quantitative estimate of drug-likeness (QED) is 0.0143. The third-order valence-corrected chi connectivity index (χ3v) is 13.4. The van der Waals surface area contributed by atoms with Crippen molar-refractivity contribution in [2.45, 2.75) is 140 Å². The number of amidine groups is 1. The zero-order valence-electron chi connectivity index (χ0n) is 43.4. The molecule has 0 heterocycles. The Labute approximate surface area is 434 Å². The molecule has 0 unspecified atom stereocenters. The van der Waals surface area contributed by atoms with Crippen molar-refractivity contribution in [3.05, 3.63) is 76.3 Å². The van der Waals surface area contributed by atoms with Crippen molar-refractivity contribution in [1.29, 1.82) is 0 Å². The van der Waals surface area contributed by atoms with E-state index in [0.717, 1.165) is 34.4 Å². The molecule has 3 aromatic rings. The summed E-state index contributed by atoms with van der Waals surface area (Å²) in [6.45, 7) is 16.2. The SMILES string of the molecule is CCCC(N)=NCCSc1c(NC(=O)CCCCN=C(N)N)cc(C(C)(C)C)cc1NC(=O)c1cccc(C(=O)Nc2cc(C(C)(C)C)cc(CCCC(=O)CCCCN=C(N)N)c2SCCN=C(N)N)c1. The second-order valence-corrected chi connectivity index (χ2v) is 21.7. The Morgan fingerprint density at radius 3 is 1.51 bits per heavy atom. The largest absolute Gasteiger partial charge is 0.387 e. The number of amides is 3. The summed E-state index contributed by atoms with van der Waals surface area (Å²) >= 11 is 2.97. The van der Waals surface area contributed by atoms with Gasteiger partial charge in [-0.1, -0.05) is 60.6 Å². The van der Waals surface area contributed by atoms with Crippen molar-refractivity contribution in [1.82, 2.24) is 0 Å². The lowest BCUT2D eigenvalue weighted by molar-refractivity contribution is -0.119. The number of benzene rings is 3. The molecule has 0 radical (unpaired) electrons. The predicted octanol–water partition coefficient (Wildman–Crippen LogP) is 7.12. The molecule has 18 nitrogen and oxygen atoms in total. The minimum Gasteiger partial charge on any atom is -0.387 e. The maximum Gasteiger partial charge on any atom is 0.255 e. The minimum atomic E-state index is -0.448. The molecule has 0 aliphatic carbocycles. The predicted molar refractivity (Wildman–Crippen MR) is 302 cm³/mol. The summed E-state index contributed by atoms with van der Waals surface area (Å²) < 4.78 is 0. The average Bonchev–Trinajstić information content (AvgIpc) is 3.29. The van der Waals surface area contributed by atoms with Crippen LogP contribution in [0.3, 0.4) is 0 Å². The molecular weight excluding hydrogens is 949 g/mol. The van der Waals surface area contributed by atoms with Crippen LogP contribution < -0.4 is 56.1 Å². The number of rotatable bonds is 29. The first-order chi connectivity index (χ1) is 34.0. The Hall–Kier alpha value is -6.28. The first-order valence-electron chi connectivity index (χ1n) is 24.6. The topological polar surface area (TPSA) is 336 Å². The van der Waals surface area contributed by atoms with Gasteiger partial charge in [0.15, 0.2) is 17.9 Å². The number of aryl methyl sites for hydroxylation is 1. The second kappa shape index (κ2) is 29.9. The minimum absolute atomic E-state index is 0.00589. The number of carbonyl (C=O) groups excluding carboxylic acids is 4. The fourth-order valence-electron chi connectivity index (χ4n) is 7.22. The summed E-state index contributed by atoms with van der Waals surface area (Å²) in [6, 6.07) is 14.5.